The fourth-order valence-corrected chi connectivity index (χ4v) is 4.46. The second kappa shape index (κ2) is 20.2. The SMILES string of the molecule is CCCCC(C)(C#N)COc1ccc(C(=O)O)cc1.CCCCCCCCCCOc1ccc(-c2ccccc2)cc1. The van der Waals surface area contributed by atoms with Gasteiger partial charge in [0.05, 0.1) is 23.7 Å². The number of carboxylic acid groups (broad SMARTS) is 1. The van der Waals surface area contributed by atoms with Crippen molar-refractivity contribution in [2.24, 2.45) is 5.41 Å². The molecular formula is C37H49NO4. The van der Waals surface area contributed by atoms with Crippen molar-refractivity contribution in [2.45, 2.75) is 91.4 Å². The number of benzene rings is 3. The molecule has 1 unspecified atom stereocenters. The Morgan fingerprint density at radius 3 is 1.81 bits per heavy atom. The van der Waals surface area contributed by atoms with E-state index in [1.807, 2.05) is 13.0 Å². The zero-order chi connectivity index (χ0) is 30.5. The van der Waals surface area contributed by atoms with Crippen LogP contribution in [-0.2, 0) is 0 Å². The summed E-state index contributed by atoms with van der Waals surface area (Å²) in [6.45, 7) is 7.39. The summed E-state index contributed by atoms with van der Waals surface area (Å²) in [5, 5.41) is 18.0. The third-order valence-corrected chi connectivity index (χ3v) is 7.24. The van der Waals surface area contributed by atoms with Gasteiger partial charge in [0.15, 0.2) is 0 Å². The summed E-state index contributed by atoms with van der Waals surface area (Å²) >= 11 is 0. The summed E-state index contributed by atoms with van der Waals surface area (Å²) in [6.07, 6.45) is 13.5. The van der Waals surface area contributed by atoms with Crippen LogP contribution in [0.5, 0.6) is 11.5 Å². The van der Waals surface area contributed by atoms with Gasteiger partial charge in [-0.05, 0) is 67.3 Å². The Morgan fingerprint density at radius 2 is 1.24 bits per heavy atom. The average molecular weight is 572 g/mol. The Labute approximate surface area is 253 Å². The average Bonchev–Trinajstić information content (AvgIpc) is 3.03. The van der Waals surface area contributed by atoms with Gasteiger partial charge in [-0.3, -0.25) is 0 Å². The van der Waals surface area contributed by atoms with Gasteiger partial charge >= 0.3 is 5.97 Å². The third-order valence-electron chi connectivity index (χ3n) is 7.24. The molecule has 5 nitrogen and oxygen atoms in total. The number of carbonyl (C=O) groups is 1. The number of ether oxygens (including phenoxy) is 2. The Hall–Kier alpha value is -3.78. The lowest BCUT2D eigenvalue weighted by molar-refractivity contribution is 0.0696. The van der Waals surface area contributed by atoms with Crippen LogP contribution in [0.25, 0.3) is 11.1 Å². The first-order chi connectivity index (χ1) is 20.4. The lowest BCUT2D eigenvalue weighted by Crippen LogP contribution is -2.23. The molecule has 0 aliphatic rings. The van der Waals surface area contributed by atoms with Gasteiger partial charge in [0.25, 0.3) is 0 Å². The number of hydrogen-bond acceptors (Lipinski definition) is 4. The van der Waals surface area contributed by atoms with Gasteiger partial charge < -0.3 is 14.6 Å². The summed E-state index contributed by atoms with van der Waals surface area (Å²) in [7, 11) is 0. The smallest absolute Gasteiger partial charge is 0.335 e. The summed E-state index contributed by atoms with van der Waals surface area (Å²) in [5.74, 6) is 0.604. The summed E-state index contributed by atoms with van der Waals surface area (Å²) < 4.78 is 11.4. The maximum absolute atomic E-state index is 10.7. The number of rotatable bonds is 18. The first kappa shape index (κ1) is 34.4. The highest BCUT2D eigenvalue weighted by Crippen LogP contribution is 2.25. The zero-order valence-corrected chi connectivity index (χ0v) is 25.8. The molecule has 3 rings (SSSR count). The van der Waals surface area contributed by atoms with E-state index in [0.717, 1.165) is 38.0 Å². The number of nitriles is 1. The molecule has 0 fully saturated rings. The maximum Gasteiger partial charge on any atom is 0.335 e. The molecule has 3 aromatic carbocycles. The fraction of sp³-hybridized carbons (Fsp3) is 0.459. The van der Waals surface area contributed by atoms with Gasteiger partial charge in [-0.1, -0.05) is 114 Å². The largest absolute Gasteiger partial charge is 0.494 e. The van der Waals surface area contributed by atoms with E-state index in [1.54, 1.807) is 12.1 Å². The van der Waals surface area contributed by atoms with E-state index in [4.69, 9.17) is 14.6 Å². The van der Waals surface area contributed by atoms with E-state index in [0.29, 0.717) is 12.4 Å². The highest BCUT2D eigenvalue weighted by atomic mass is 16.5. The standard InChI is InChI=1S/C22H30O.C15H19NO3/c1-2-3-4-5-6-7-8-12-19-23-22-17-15-21(16-18-22)20-13-10-9-11-14-20;1-3-4-9-15(2,10-16)11-19-13-7-5-12(6-8-13)14(17)18/h9-11,13-18H,2-8,12,19H2,1H3;5-8H,3-4,9,11H2,1-2H3,(H,17,18). The Morgan fingerprint density at radius 1 is 0.714 bits per heavy atom. The Balaban J connectivity index is 0.000000299. The first-order valence-corrected chi connectivity index (χ1v) is 15.6. The minimum atomic E-state index is -0.962. The van der Waals surface area contributed by atoms with Crippen molar-refractivity contribution in [3.05, 3.63) is 84.4 Å². The molecule has 0 heterocycles. The monoisotopic (exact) mass is 571 g/mol. The van der Waals surface area contributed by atoms with Gasteiger partial charge in [0, 0.05) is 0 Å². The topological polar surface area (TPSA) is 79.5 Å². The first-order valence-electron chi connectivity index (χ1n) is 15.6. The van der Waals surface area contributed by atoms with E-state index in [1.165, 1.54) is 68.2 Å². The van der Waals surface area contributed by atoms with Crippen molar-refractivity contribution in [1.82, 2.24) is 0 Å². The molecule has 0 spiro atoms. The molecular weight excluding hydrogens is 522 g/mol. The highest BCUT2D eigenvalue weighted by molar-refractivity contribution is 5.87. The maximum atomic E-state index is 10.7. The predicted molar refractivity (Wildman–Crippen MR) is 172 cm³/mol. The quantitative estimate of drug-likeness (QED) is 0.154. The molecule has 0 aliphatic heterocycles. The van der Waals surface area contributed by atoms with Crippen LogP contribution >= 0.6 is 0 Å². The van der Waals surface area contributed by atoms with E-state index in [9.17, 15) is 10.1 Å². The second-order valence-electron chi connectivity index (χ2n) is 11.1. The normalized spacial score (nSPS) is 11.9. The highest BCUT2D eigenvalue weighted by Gasteiger charge is 2.24. The molecule has 0 aliphatic carbocycles. The molecule has 0 bridgehead atoms. The lowest BCUT2D eigenvalue weighted by atomic mass is 9.87. The van der Waals surface area contributed by atoms with Gasteiger partial charge in [0.1, 0.15) is 18.1 Å². The lowest BCUT2D eigenvalue weighted by Gasteiger charge is -2.21. The van der Waals surface area contributed by atoms with Crippen molar-refractivity contribution in [3.63, 3.8) is 0 Å². The predicted octanol–water partition coefficient (Wildman–Crippen LogP) is 10.4. The Kier molecular flexibility index (Phi) is 16.5. The van der Waals surface area contributed by atoms with Gasteiger partial charge in [0.2, 0.25) is 0 Å². The molecule has 1 atom stereocenters. The van der Waals surface area contributed by atoms with Crippen LogP contribution in [0.15, 0.2) is 78.9 Å². The molecule has 0 amide bonds. The van der Waals surface area contributed by atoms with Gasteiger partial charge in [-0.2, -0.15) is 5.26 Å². The van der Waals surface area contributed by atoms with E-state index in [-0.39, 0.29) is 5.56 Å². The molecule has 42 heavy (non-hydrogen) atoms. The molecule has 226 valence electrons. The van der Waals surface area contributed by atoms with Gasteiger partial charge in [-0.25, -0.2) is 4.79 Å². The summed E-state index contributed by atoms with van der Waals surface area (Å²) in [5.41, 5.74) is 2.22. The van der Waals surface area contributed by atoms with Crippen LogP contribution in [0.2, 0.25) is 0 Å². The molecule has 1 N–H and O–H groups in total. The van der Waals surface area contributed by atoms with Crippen LogP contribution in [0.4, 0.5) is 0 Å². The van der Waals surface area contributed by atoms with Crippen molar-refractivity contribution in [2.75, 3.05) is 13.2 Å². The number of unbranched alkanes of at least 4 members (excludes halogenated alkanes) is 8. The zero-order valence-electron chi connectivity index (χ0n) is 25.8. The number of nitrogens with zero attached hydrogens (tertiary/aromatic N) is 1. The van der Waals surface area contributed by atoms with Crippen LogP contribution in [0.3, 0.4) is 0 Å². The van der Waals surface area contributed by atoms with E-state index >= 15 is 0 Å². The van der Waals surface area contributed by atoms with Crippen LogP contribution < -0.4 is 9.47 Å². The van der Waals surface area contributed by atoms with E-state index in [2.05, 4.69) is 68.4 Å². The van der Waals surface area contributed by atoms with Crippen molar-refractivity contribution < 1.29 is 19.4 Å². The summed E-state index contributed by atoms with van der Waals surface area (Å²) in [6, 6.07) is 27.4. The molecule has 0 saturated carbocycles. The van der Waals surface area contributed by atoms with Crippen molar-refractivity contribution >= 4 is 5.97 Å². The molecule has 3 aromatic rings. The van der Waals surface area contributed by atoms with Crippen LogP contribution in [0.1, 0.15) is 102 Å². The number of carboxylic acids is 1. The second-order valence-corrected chi connectivity index (χ2v) is 11.1. The molecule has 0 saturated heterocycles. The minimum absolute atomic E-state index is 0.223. The minimum Gasteiger partial charge on any atom is -0.494 e. The fourth-order valence-electron chi connectivity index (χ4n) is 4.46. The van der Waals surface area contributed by atoms with Crippen LogP contribution in [0, 0.1) is 16.7 Å². The molecule has 0 aromatic heterocycles. The van der Waals surface area contributed by atoms with E-state index < -0.39 is 11.4 Å². The molecule has 5 heteroatoms. The third kappa shape index (κ3) is 13.7. The van der Waals surface area contributed by atoms with Gasteiger partial charge in [-0.15, -0.1) is 0 Å². The summed E-state index contributed by atoms with van der Waals surface area (Å²) in [4.78, 5) is 10.7. The number of aromatic carboxylic acids is 1. The molecule has 0 radical (unpaired) electrons. The van der Waals surface area contributed by atoms with Crippen molar-refractivity contribution in [1.29, 1.82) is 5.26 Å². The Bertz CT molecular complexity index is 1170. The van der Waals surface area contributed by atoms with Crippen molar-refractivity contribution in [3.8, 4) is 28.7 Å². The number of hydrogen-bond donors (Lipinski definition) is 1. The van der Waals surface area contributed by atoms with Crippen LogP contribution in [-0.4, -0.2) is 24.3 Å².